The molecule has 0 aromatic heterocycles. The summed E-state index contributed by atoms with van der Waals surface area (Å²) < 4.78 is 19.0. The lowest BCUT2D eigenvalue weighted by atomic mass is 10.1. The molecule has 0 radical (unpaired) electrons. The van der Waals surface area contributed by atoms with Gasteiger partial charge in [0.25, 0.3) is 5.91 Å². The molecule has 1 N–H and O–H groups in total. The fourth-order valence-corrected chi connectivity index (χ4v) is 3.14. The van der Waals surface area contributed by atoms with Gasteiger partial charge in [0.15, 0.2) is 0 Å². The van der Waals surface area contributed by atoms with Crippen LogP contribution in [0.15, 0.2) is 42.5 Å². The molecule has 2 aromatic rings. The SMILES string of the molecule is COc1ccc(C(=O)NCc2ccccc2CN2CCCC2)c(F)c1. The molecule has 0 bridgehead atoms. The number of likely N-dealkylation sites (tertiary alicyclic amines) is 1. The topological polar surface area (TPSA) is 41.6 Å². The zero-order chi connectivity index (χ0) is 17.6. The number of methoxy groups -OCH3 is 1. The number of carbonyl (C=O) groups excluding carboxylic acids is 1. The number of carbonyl (C=O) groups is 1. The van der Waals surface area contributed by atoms with Crippen LogP contribution in [-0.2, 0) is 13.1 Å². The highest BCUT2D eigenvalue weighted by atomic mass is 19.1. The summed E-state index contributed by atoms with van der Waals surface area (Å²) in [4.78, 5) is 14.7. The van der Waals surface area contributed by atoms with Crippen LogP contribution in [0.3, 0.4) is 0 Å². The Labute approximate surface area is 147 Å². The van der Waals surface area contributed by atoms with Crippen molar-refractivity contribution in [2.45, 2.75) is 25.9 Å². The molecule has 1 aliphatic heterocycles. The van der Waals surface area contributed by atoms with E-state index in [2.05, 4.69) is 16.3 Å². The number of halogens is 1. The molecule has 132 valence electrons. The highest BCUT2D eigenvalue weighted by molar-refractivity contribution is 5.94. The van der Waals surface area contributed by atoms with Crippen molar-refractivity contribution in [2.24, 2.45) is 0 Å². The van der Waals surface area contributed by atoms with Crippen molar-refractivity contribution in [1.29, 1.82) is 0 Å². The normalized spacial score (nSPS) is 14.5. The van der Waals surface area contributed by atoms with Crippen molar-refractivity contribution in [3.8, 4) is 5.75 Å². The highest BCUT2D eigenvalue weighted by Crippen LogP contribution is 2.18. The van der Waals surface area contributed by atoms with Gasteiger partial charge in [0.2, 0.25) is 0 Å². The summed E-state index contributed by atoms with van der Waals surface area (Å²) in [6.07, 6.45) is 2.49. The maximum Gasteiger partial charge on any atom is 0.254 e. The molecule has 0 aliphatic carbocycles. The first-order valence-electron chi connectivity index (χ1n) is 8.58. The lowest BCUT2D eigenvalue weighted by molar-refractivity contribution is 0.0946. The van der Waals surface area contributed by atoms with Gasteiger partial charge in [0.1, 0.15) is 11.6 Å². The molecule has 0 atom stereocenters. The third kappa shape index (κ3) is 4.37. The second-order valence-electron chi connectivity index (χ2n) is 6.28. The zero-order valence-electron chi connectivity index (χ0n) is 14.4. The summed E-state index contributed by atoms with van der Waals surface area (Å²) in [5.41, 5.74) is 2.30. The first-order valence-corrected chi connectivity index (χ1v) is 8.58. The molecule has 0 spiro atoms. The van der Waals surface area contributed by atoms with E-state index in [1.54, 1.807) is 6.07 Å². The molecule has 1 fully saturated rings. The minimum Gasteiger partial charge on any atom is -0.497 e. The van der Waals surface area contributed by atoms with Crippen molar-refractivity contribution in [1.82, 2.24) is 10.2 Å². The van der Waals surface area contributed by atoms with E-state index in [0.717, 1.165) is 25.2 Å². The largest absolute Gasteiger partial charge is 0.497 e. The number of nitrogens with zero attached hydrogens (tertiary/aromatic N) is 1. The van der Waals surface area contributed by atoms with Crippen molar-refractivity contribution in [3.05, 3.63) is 65.0 Å². The van der Waals surface area contributed by atoms with Gasteiger partial charge in [-0.25, -0.2) is 4.39 Å². The first-order chi connectivity index (χ1) is 12.2. The van der Waals surface area contributed by atoms with E-state index in [-0.39, 0.29) is 5.56 Å². The van der Waals surface area contributed by atoms with Crippen LogP contribution < -0.4 is 10.1 Å². The minimum absolute atomic E-state index is 0.0258. The third-order valence-corrected chi connectivity index (χ3v) is 4.57. The third-order valence-electron chi connectivity index (χ3n) is 4.57. The number of rotatable bonds is 6. The number of ether oxygens (including phenoxy) is 1. The molecule has 25 heavy (non-hydrogen) atoms. The molecule has 1 aliphatic rings. The molecule has 1 heterocycles. The van der Waals surface area contributed by atoms with E-state index in [0.29, 0.717) is 12.3 Å². The Morgan fingerprint density at radius 3 is 2.56 bits per heavy atom. The summed E-state index contributed by atoms with van der Waals surface area (Å²) in [5.74, 6) is -0.608. The minimum atomic E-state index is -0.581. The van der Waals surface area contributed by atoms with Crippen LogP contribution in [0.1, 0.15) is 34.3 Å². The Balaban J connectivity index is 1.66. The van der Waals surface area contributed by atoms with Gasteiger partial charge in [0, 0.05) is 19.2 Å². The average molecular weight is 342 g/mol. The van der Waals surface area contributed by atoms with E-state index in [1.807, 2.05) is 18.2 Å². The van der Waals surface area contributed by atoms with Crippen molar-refractivity contribution >= 4 is 5.91 Å². The van der Waals surface area contributed by atoms with E-state index in [9.17, 15) is 9.18 Å². The van der Waals surface area contributed by atoms with Crippen molar-refractivity contribution < 1.29 is 13.9 Å². The fraction of sp³-hybridized carbons (Fsp3) is 0.350. The number of benzene rings is 2. The molecule has 0 unspecified atom stereocenters. The molecule has 2 aromatic carbocycles. The van der Waals surface area contributed by atoms with Gasteiger partial charge in [-0.2, -0.15) is 0 Å². The zero-order valence-corrected chi connectivity index (χ0v) is 14.4. The molecule has 3 rings (SSSR count). The molecule has 4 nitrogen and oxygen atoms in total. The van der Waals surface area contributed by atoms with Crippen molar-refractivity contribution in [3.63, 3.8) is 0 Å². The first kappa shape index (κ1) is 17.4. The molecular weight excluding hydrogens is 319 g/mol. The number of hydrogen-bond donors (Lipinski definition) is 1. The number of amides is 1. The highest BCUT2D eigenvalue weighted by Gasteiger charge is 2.15. The van der Waals surface area contributed by atoms with Crippen LogP contribution in [0.5, 0.6) is 5.75 Å². The predicted octanol–water partition coefficient (Wildman–Crippen LogP) is 3.36. The Bertz CT molecular complexity index is 742. The van der Waals surface area contributed by atoms with Crippen LogP contribution in [0.25, 0.3) is 0 Å². The van der Waals surface area contributed by atoms with E-state index >= 15 is 0 Å². The molecule has 5 heteroatoms. The molecular formula is C20H23FN2O2. The van der Waals surface area contributed by atoms with Gasteiger partial charge < -0.3 is 10.1 Å². The lowest BCUT2D eigenvalue weighted by Gasteiger charge is -2.17. The van der Waals surface area contributed by atoms with E-state index in [4.69, 9.17) is 4.74 Å². The van der Waals surface area contributed by atoms with E-state index < -0.39 is 11.7 Å². The molecule has 1 saturated heterocycles. The standard InChI is InChI=1S/C20H23FN2O2/c1-25-17-8-9-18(19(21)12-17)20(24)22-13-15-6-2-3-7-16(15)14-23-10-4-5-11-23/h2-3,6-9,12H,4-5,10-11,13-14H2,1H3,(H,22,24). The summed E-state index contributed by atoms with van der Waals surface area (Å²) in [6, 6.07) is 12.3. The maximum atomic E-state index is 14.0. The Morgan fingerprint density at radius 1 is 1.16 bits per heavy atom. The second kappa shape index (κ2) is 8.12. The quantitative estimate of drug-likeness (QED) is 0.875. The van der Waals surface area contributed by atoms with Gasteiger partial charge in [-0.1, -0.05) is 24.3 Å². The fourth-order valence-electron chi connectivity index (χ4n) is 3.14. The number of hydrogen-bond acceptors (Lipinski definition) is 3. The van der Waals surface area contributed by atoms with Crippen LogP contribution in [0.4, 0.5) is 4.39 Å². The summed E-state index contributed by atoms with van der Waals surface area (Å²) in [7, 11) is 1.46. The second-order valence-corrected chi connectivity index (χ2v) is 6.28. The van der Waals surface area contributed by atoms with Crippen LogP contribution >= 0.6 is 0 Å². The Morgan fingerprint density at radius 2 is 1.88 bits per heavy atom. The summed E-state index contributed by atoms with van der Waals surface area (Å²) in [5, 5.41) is 2.82. The van der Waals surface area contributed by atoms with Gasteiger partial charge in [-0.15, -0.1) is 0 Å². The van der Waals surface area contributed by atoms with E-state index in [1.165, 1.54) is 37.6 Å². The van der Waals surface area contributed by atoms with Crippen LogP contribution in [0, 0.1) is 5.82 Å². The molecule has 0 saturated carbocycles. The van der Waals surface area contributed by atoms with Crippen LogP contribution in [0.2, 0.25) is 0 Å². The summed E-state index contributed by atoms with van der Waals surface area (Å²) >= 11 is 0. The Kier molecular flexibility index (Phi) is 5.66. The summed E-state index contributed by atoms with van der Waals surface area (Å²) in [6.45, 7) is 3.52. The maximum absolute atomic E-state index is 14.0. The number of nitrogens with one attached hydrogen (secondary N) is 1. The molecule has 1 amide bonds. The van der Waals surface area contributed by atoms with Gasteiger partial charge in [-0.3, -0.25) is 9.69 Å². The van der Waals surface area contributed by atoms with Gasteiger partial charge in [0.05, 0.1) is 12.7 Å². The monoisotopic (exact) mass is 342 g/mol. The van der Waals surface area contributed by atoms with Crippen LogP contribution in [-0.4, -0.2) is 31.0 Å². The lowest BCUT2D eigenvalue weighted by Crippen LogP contribution is -2.25. The van der Waals surface area contributed by atoms with Gasteiger partial charge in [-0.05, 0) is 49.2 Å². The predicted molar refractivity (Wildman–Crippen MR) is 95.1 cm³/mol. The van der Waals surface area contributed by atoms with Gasteiger partial charge >= 0.3 is 0 Å². The smallest absolute Gasteiger partial charge is 0.254 e. The average Bonchev–Trinajstić information content (AvgIpc) is 3.13. The van der Waals surface area contributed by atoms with Crippen molar-refractivity contribution in [2.75, 3.05) is 20.2 Å². The Hall–Kier alpha value is -2.40.